The van der Waals surface area contributed by atoms with Crippen LogP contribution in [-0.2, 0) is 4.79 Å². The number of nitrogens with one attached hydrogen (secondary N) is 1. The number of nitrogens with zero attached hydrogens (tertiary/aromatic N) is 2. The highest BCUT2D eigenvalue weighted by Gasteiger charge is 2.01. The first-order valence-corrected chi connectivity index (χ1v) is 3.52. The maximum atomic E-state index is 11.2. The van der Waals surface area contributed by atoms with Crippen molar-refractivity contribution in [1.82, 2.24) is 10.4 Å². The van der Waals surface area contributed by atoms with E-state index in [9.17, 15) is 9.59 Å². The molecular formula is C8H7N3O2. The molecule has 0 saturated carbocycles. The average Bonchev–Trinajstić information content (AvgIpc) is 2.19. The zero-order valence-corrected chi connectivity index (χ0v) is 6.68. The standard InChI is InChI=1S/C8H7N3O2/c12-6-5-10-11-8(13)7-1-3-9-4-2-7/h1-6H,(H,11,13)/b10-5+. The van der Waals surface area contributed by atoms with Crippen molar-refractivity contribution in [2.45, 2.75) is 0 Å². The summed E-state index contributed by atoms with van der Waals surface area (Å²) in [7, 11) is 0. The van der Waals surface area contributed by atoms with Crippen molar-refractivity contribution in [1.29, 1.82) is 0 Å². The van der Waals surface area contributed by atoms with Crippen LogP contribution in [0.25, 0.3) is 0 Å². The predicted octanol–water partition coefficient (Wildman–Crippen LogP) is -0.00390. The van der Waals surface area contributed by atoms with Gasteiger partial charge < -0.3 is 0 Å². The van der Waals surface area contributed by atoms with Gasteiger partial charge in [-0.25, -0.2) is 5.43 Å². The van der Waals surface area contributed by atoms with E-state index in [1.807, 2.05) is 0 Å². The van der Waals surface area contributed by atoms with Gasteiger partial charge in [-0.15, -0.1) is 0 Å². The summed E-state index contributed by atoms with van der Waals surface area (Å²) in [5.74, 6) is -0.375. The molecule has 0 atom stereocenters. The molecule has 0 aromatic carbocycles. The van der Waals surface area contributed by atoms with Crippen LogP contribution in [0.15, 0.2) is 29.6 Å². The van der Waals surface area contributed by atoms with Crippen LogP contribution in [0, 0.1) is 0 Å². The van der Waals surface area contributed by atoms with Gasteiger partial charge in [-0.05, 0) is 12.1 Å². The van der Waals surface area contributed by atoms with Gasteiger partial charge in [0.15, 0.2) is 6.29 Å². The summed E-state index contributed by atoms with van der Waals surface area (Å²) in [4.78, 5) is 24.7. The van der Waals surface area contributed by atoms with Crippen LogP contribution in [0.3, 0.4) is 0 Å². The molecule has 0 radical (unpaired) electrons. The number of aldehydes is 1. The Morgan fingerprint density at radius 3 is 2.77 bits per heavy atom. The average molecular weight is 177 g/mol. The minimum absolute atomic E-state index is 0.375. The number of hydrogen-bond donors (Lipinski definition) is 1. The molecule has 1 aromatic heterocycles. The summed E-state index contributed by atoms with van der Waals surface area (Å²) in [5.41, 5.74) is 2.61. The first-order valence-electron chi connectivity index (χ1n) is 3.52. The van der Waals surface area contributed by atoms with Crippen LogP contribution in [0.5, 0.6) is 0 Å². The van der Waals surface area contributed by atoms with Gasteiger partial charge in [-0.3, -0.25) is 14.6 Å². The van der Waals surface area contributed by atoms with Gasteiger partial charge in [0.05, 0.1) is 6.21 Å². The third-order valence-electron chi connectivity index (χ3n) is 1.24. The predicted molar refractivity (Wildman–Crippen MR) is 46.3 cm³/mol. The highest BCUT2D eigenvalue weighted by Crippen LogP contribution is 1.94. The van der Waals surface area contributed by atoms with Gasteiger partial charge in [-0.2, -0.15) is 5.10 Å². The van der Waals surface area contributed by atoms with E-state index in [1.165, 1.54) is 12.4 Å². The number of hydrogen-bond acceptors (Lipinski definition) is 4. The lowest BCUT2D eigenvalue weighted by atomic mass is 10.3. The molecule has 0 unspecified atom stereocenters. The lowest BCUT2D eigenvalue weighted by Gasteiger charge is -1.96. The van der Waals surface area contributed by atoms with E-state index < -0.39 is 0 Å². The topological polar surface area (TPSA) is 71.4 Å². The molecular weight excluding hydrogens is 170 g/mol. The number of amides is 1. The Labute approximate surface area is 74.5 Å². The van der Waals surface area contributed by atoms with E-state index in [0.29, 0.717) is 11.8 Å². The molecule has 1 aromatic rings. The second-order valence-electron chi connectivity index (χ2n) is 2.09. The molecule has 0 aliphatic carbocycles. The minimum Gasteiger partial charge on any atom is -0.297 e. The SMILES string of the molecule is O=C/C=N/NC(=O)c1ccncc1. The summed E-state index contributed by atoms with van der Waals surface area (Å²) < 4.78 is 0. The summed E-state index contributed by atoms with van der Waals surface area (Å²) in [5, 5.41) is 3.35. The highest BCUT2D eigenvalue weighted by atomic mass is 16.2. The molecule has 0 bridgehead atoms. The van der Waals surface area contributed by atoms with Crippen LogP contribution in [0.4, 0.5) is 0 Å². The number of rotatable bonds is 3. The molecule has 5 nitrogen and oxygen atoms in total. The van der Waals surface area contributed by atoms with Crippen molar-refractivity contribution >= 4 is 18.4 Å². The van der Waals surface area contributed by atoms with Crippen molar-refractivity contribution in [2.75, 3.05) is 0 Å². The molecule has 0 fully saturated rings. The maximum Gasteiger partial charge on any atom is 0.271 e. The van der Waals surface area contributed by atoms with Gasteiger partial charge >= 0.3 is 0 Å². The molecule has 1 rings (SSSR count). The summed E-state index contributed by atoms with van der Waals surface area (Å²) >= 11 is 0. The highest BCUT2D eigenvalue weighted by molar-refractivity contribution is 6.13. The van der Waals surface area contributed by atoms with Gasteiger partial charge in [0.1, 0.15) is 0 Å². The molecule has 66 valence electrons. The smallest absolute Gasteiger partial charge is 0.271 e. The van der Waals surface area contributed by atoms with E-state index in [-0.39, 0.29) is 5.91 Å². The fourth-order valence-corrected chi connectivity index (χ4v) is 0.694. The van der Waals surface area contributed by atoms with E-state index in [2.05, 4.69) is 15.5 Å². The Kier molecular flexibility index (Phi) is 3.31. The molecule has 13 heavy (non-hydrogen) atoms. The fourth-order valence-electron chi connectivity index (χ4n) is 0.694. The van der Waals surface area contributed by atoms with Gasteiger partial charge in [0.25, 0.3) is 5.91 Å². The Balaban J connectivity index is 2.59. The Hall–Kier alpha value is -2.04. The summed E-state index contributed by atoms with van der Waals surface area (Å²) in [6.45, 7) is 0. The third kappa shape index (κ3) is 2.82. The van der Waals surface area contributed by atoms with Crippen LogP contribution in [-0.4, -0.2) is 23.4 Å². The lowest BCUT2D eigenvalue weighted by molar-refractivity contribution is -0.102. The molecule has 5 heteroatoms. The third-order valence-corrected chi connectivity index (χ3v) is 1.24. The van der Waals surface area contributed by atoms with Crippen LogP contribution in [0.1, 0.15) is 10.4 Å². The van der Waals surface area contributed by atoms with Crippen LogP contribution in [0.2, 0.25) is 0 Å². The minimum atomic E-state index is -0.375. The van der Waals surface area contributed by atoms with Crippen molar-refractivity contribution < 1.29 is 9.59 Å². The zero-order chi connectivity index (χ0) is 9.52. The van der Waals surface area contributed by atoms with E-state index in [0.717, 1.165) is 6.21 Å². The van der Waals surface area contributed by atoms with Crippen molar-refractivity contribution in [3.05, 3.63) is 30.1 Å². The second-order valence-corrected chi connectivity index (χ2v) is 2.09. The van der Waals surface area contributed by atoms with Crippen molar-refractivity contribution in [3.63, 3.8) is 0 Å². The molecule has 1 N–H and O–H groups in total. The lowest BCUT2D eigenvalue weighted by Crippen LogP contribution is -2.17. The number of carbonyl (C=O) groups excluding carboxylic acids is 2. The largest absolute Gasteiger partial charge is 0.297 e. The molecule has 0 aliphatic rings. The maximum absolute atomic E-state index is 11.2. The molecule has 0 saturated heterocycles. The first-order chi connectivity index (χ1) is 6.34. The summed E-state index contributed by atoms with van der Waals surface area (Å²) in [6, 6.07) is 3.09. The quantitative estimate of drug-likeness (QED) is 0.401. The van der Waals surface area contributed by atoms with Gasteiger partial charge in [0.2, 0.25) is 0 Å². The van der Waals surface area contributed by atoms with Gasteiger partial charge in [0, 0.05) is 18.0 Å². The molecule has 1 heterocycles. The number of carbonyl (C=O) groups is 2. The van der Waals surface area contributed by atoms with Gasteiger partial charge in [-0.1, -0.05) is 0 Å². The van der Waals surface area contributed by atoms with E-state index >= 15 is 0 Å². The summed E-state index contributed by atoms with van der Waals surface area (Å²) in [6.07, 6.45) is 4.43. The molecule has 1 amide bonds. The normalized spacial score (nSPS) is 9.85. The number of pyridine rings is 1. The Morgan fingerprint density at radius 1 is 1.46 bits per heavy atom. The monoisotopic (exact) mass is 177 g/mol. The zero-order valence-electron chi connectivity index (χ0n) is 6.68. The van der Waals surface area contributed by atoms with Crippen LogP contribution >= 0.6 is 0 Å². The molecule has 0 aliphatic heterocycles. The van der Waals surface area contributed by atoms with Crippen LogP contribution < -0.4 is 5.43 Å². The Bertz CT molecular complexity index is 321. The van der Waals surface area contributed by atoms with E-state index in [1.54, 1.807) is 12.1 Å². The fraction of sp³-hybridized carbons (Fsp3) is 0. The molecule has 0 spiro atoms. The first kappa shape index (κ1) is 9.05. The number of aromatic nitrogens is 1. The van der Waals surface area contributed by atoms with Crippen molar-refractivity contribution in [3.8, 4) is 0 Å². The van der Waals surface area contributed by atoms with E-state index in [4.69, 9.17) is 0 Å². The van der Waals surface area contributed by atoms with Crippen molar-refractivity contribution in [2.24, 2.45) is 5.10 Å². The number of hydrazone groups is 1. The second kappa shape index (κ2) is 4.76. The Morgan fingerprint density at radius 2 is 2.15 bits per heavy atom.